The van der Waals surface area contributed by atoms with Crippen LogP contribution < -0.4 is 5.32 Å². The molecule has 19 heavy (non-hydrogen) atoms. The number of nitrogens with one attached hydrogen (secondary N) is 1. The molecule has 1 amide bonds. The van der Waals surface area contributed by atoms with Crippen LogP contribution in [0.1, 0.15) is 36.0 Å². The number of hydrogen-bond donors (Lipinski definition) is 1. The van der Waals surface area contributed by atoms with Crippen molar-refractivity contribution in [3.63, 3.8) is 0 Å². The molecule has 0 saturated heterocycles. The van der Waals surface area contributed by atoms with Crippen LogP contribution in [0.5, 0.6) is 0 Å². The highest BCUT2D eigenvalue weighted by atomic mass is 16.6. The second kappa shape index (κ2) is 4.64. The summed E-state index contributed by atoms with van der Waals surface area (Å²) in [5.74, 6) is 1.18. The SMILES string of the molecule is O=C(N[C@@H]1C[C@@H]2CC[C@@H]1C2)c1cccc([N+](=O)[O-])c1. The van der Waals surface area contributed by atoms with Gasteiger partial charge in [0, 0.05) is 23.7 Å². The molecule has 1 N–H and O–H groups in total. The Morgan fingerprint density at radius 1 is 1.32 bits per heavy atom. The molecule has 0 heterocycles. The van der Waals surface area contributed by atoms with Crippen molar-refractivity contribution >= 4 is 11.6 Å². The normalized spacial score (nSPS) is 28.3. The maximum atomic E-state index is 12.1. The van der Waals surface area contributed by atoms with Crippen molar-refractivity contribution in [2.45, 2.75) is 31.7 Å². The van der Waals surface area contributed by atoms with E-state index in [-0.39, 0.29) is 17.6 Å². The van der Waals surface area contributed by atoms with Crippen LogP contribution in [0.15, 0.2) is 24.3 Å². The molecular formula is C14H16N2O3. The van der Waals surface area contributed by atoms with Crippen molar-refractivity contribution in [3.05, 3.63) is 39.9 Å². The molecule has 2 saturated carbocycles. The summed E-state index contributed by atoms with van der Waals surface area (Å²) in [7, 11) is 0. The largest absolute Gasteiger partial charge is 0.349 e. The molecule has 0 radical (unpaired) electrons. The van der Waals surface area contributed by atoms with Gasteiger partial charge in [-0.2, -0.15) is 0 Å². The Balaban J connectivity index is 1.70. The van der Waals surface area contributed by atoms with Gasteiger partial charge in [-0.3, -0.25) is 14.9 Å². The molecule has 5 nitrogen and oxygen atoms in total. The smallest absolute Gasteiger partial charge is 0.270 e. The van der Waals surface area contributed by atoms with E-state index in [0.717, 1.165) is 12.3 Å². The lowest BCUT2D eigenvalue weighted by atomic mass is 9.95. The highest BCUT2D eigenvalue weighted by Crippen LogP contribution is 2.44. The third-order valence-corrected chi connectivity index (χ3v) is 4.37. The number of carbonyl (C=O) groups excluding carboxylic acids is 1. The molecule has 2 fully saturated rings. The van der Waals surface area contributed by atoms with Crippen molar-refractivity contribution in [2.75, 3.05) is 0 Å². The second-order valence-electron chi connectivity index (χ2n) is 5.56. The van der Waals surface area contributed by atoms with Gasteiger partial charge in [0.2, 0.25) is 0 Å². The predicted molar refractivity (Wildman–Crippen MR) is 69.8 cm³/mol. The Morgan fingerprint density at radius 3 is 2.79 bits per heavy atom. The maximum absolute atomic E-state index is 12.1. The summed E-state index contributed by atoms with van der Waals surface area (Å²) in [6, 6.07) is 6.16. The molecule has 1 aromatic rings. The first-order valence-corrected chi connectivity index (χ1v) is 6.69. The fraction of sp³-hybridized carbons (Fsp3) is 0.500. The van der Waals surface area contributed by atoms with E-state index in [9.17, 15) is 14.9 Å². The standard InChI is InChI=1S/C14H16N2O3/c17-14(11-2-1-3-12(8-11)16(18)19)15-13-7-9-4-5-10(13)6-9/h1-3,8-10,13H,4-7H2,(H,15,17)/t9-,10-,13-/m1/s1. The average molecular weight is 260 g/mol. The van der Waals surface area contributed by atoms with Crippen molar-refractivity contribution in [2.24, 2.45) is 11.8 Å². The van der Waals surface area contributed by atoms with Gasteiger partial charge in [0.05, 0.1) is 4.92 Å². The molecule has 100 valence electrons. The van der Waals surface area contributed by atoms with Crippen LogP contribution >= 0.6 is 0 Å². The second-order valence-corrected chi connectivity index (χ2v) is 5.56. The number of hydrogen-bond acceptors (Lipinski definition) is 3. The Morgan fingerprint density at radius 2 is 2.16 bits per heavy atom. The van der Waals surface area contributed by atoms with Gasteiger partial charge in [-0.15, -0.1) is 0 Å². The van der Waals surface area contributed by atoms with Crippen LogP contribution in [0.3, 0.4) is 0 Å². The molecule has 0 spiro atoms. The lowest BCUT2D eigenvalue weighted by Gasteiger charge is -2.22. The third-order valence-electron chi connectivity index (χ3n) is 4.37. The summed E-state index contributed by atoms with van der Waals surface area (Å²) >= 11 is 0. The first-order valence-electron chi connectivity index (χ1n) is 6.69. The number of benzene rings is 1. The van der Waals surface area contributed by atoms with E-state index in [1.54, 1.807) is 12.1 Å². The molecule has 3 atom stereocenters. The van der Waals surface area contributed by atoms with Gasteiger partial charge in [0.15, 0.2) is 0 Å². The van der Waals surface area contributed by atoms with Crippen LogP contribution in [-0.4, -0.2) is 16.9 Å². The van der Waals surface area contributed by atoms with Gasteiger partial charge in [-0.25, -0.2) is 0 Å². The number of nitro benzene ring substituents is 1. The lowest BCUT2D eigenvalue weighted by Crippen LogP contribution is -2.38. The third kappa shape index (κ3) is 2.32. The summed E-state index contributed by atoms with van der Waals surface area (Å²) in [5.41, 5.74) is 0.331. The summed E-state index contributed by atoms with van der Waals surface area (Å²) in [5, 5.41) is 13.7. The molecule has 0 unspecified atom stereocenters. The van der Waals surface area contributed by atoms with Crippen LogP contribution in [0.2, 0.25) is 0 Å². The van der Waals surface area contributed by atoms with Crippen LogP contribution in [0, 0.1) is 22.0 Å². The number of amides is 1. The minimum absolute atomic E-state index is 0.0411. The van der Waals surface area contributed by atoms with Crippen molar-refractivity contribution < 1.29 is 9.72 Å². The van der Waals surface area contributed by atoms with E-state index in [2.05, 4.69) is 5.32 Å². The quantitative estimate of drug-likeness (QED) is 0.670. The Kier molecular flexibility index (Phi) is 2.97. The summed E-state index contributed by atoms with van der Waals surface area (Å²) in [4.78, 5) is 22.3. The number of nitro groups is 1. The summed E-state index contributed by atoms with van der Waals surface area (Å²) in [6.07, 6.45) is 4.77. The van der Waals surface area contributed by atoms with E-state index in [1.165, 1.54) is 31.4 Å². The van der Waals surface area contributed by atoms with E-state index >= 15 is 0 Å². The maximum Gasteiger partial charge on any atom is 0.270 e. The highest BCUT2D eigenvalue weighted by molar-refractivity contribution is 5.95. The fourth-order valence-electron chi connectivity index (χ4n) is 3.43. The van der Waals surface area contributed by atoms with Crippen molar-refractivity contribution in [1.29, 1.82) is 0 Å². The van der Waals surface area contributed by atoms with Crippen molar-refractivity contribution in [3.8, 4) is 0 Å². The van der Waals surface area contributed by atoms with E-state index in [4.69, 9.17) is 0 Å². The molecule has 1 aromatic carbocycles. The van der Waals surface area contributed by atoms with E-state index in [0.29, 0.717) is 11.5 Å². The zero-order valence-corrected chi connectivity index (χ0v) is 10.5. The number of fused-ring (bicyclic) bond motifs is 2. The first-order chi connectivity index (χ1) is 9.13. The molecule has 2 aliphatic carbocycles. The fourth-order valence-corrected chi connectivity index (χ4v) is 3.43. The minimum Gasteiger partial charge on any atom is -0.349 e. The van der Waals surface area contributed by atoms with Gasteiger partial charge in [0.25, 0.3) is 11.6 Å². The molecular weight excluding hydrogens is 244 g/mol. The zero-order chi connectivity index (χ0) is 13.4. The van der Waals surface area contributed by atoms with Crippen molar-refractivity contribution in [1.82, 2.24) is 5.32 Å². The van der Waals surface area contributed by atoms with Crippen LogP contribution in [0.4, 0.5) is 5.69 Å². The number of non-ortho nitro benzene ring substituents is 1. The monoisotopic (exact) mass is 260 g/mol. The number of nitrogens with zero attached hydrogens (tertiary/aromatic N) is 1. The van der Waals surface area contributed by atoms with E-state index < -0.39 is 4.92 Å². The predicted octanol–water partition coefficient (Wildman–Crippen LogP) is 2.51. The zero-order valence-electron chi connectivity index (χ0n) is 10.5. The topological polar surface area (TPSA) is 72.2 Å². The molecule has 0 aromatic heterocycles. The minimum atomic E-state index is -0.478. The highest BCUT2D eigenvalue weighted by Gasteiger charge is 2.40. The Hall–Kier alpha value is -1.91. The Labute approximate surface area is 111 Å². The van der Waals surface area contributed by atoms with Gasteiger partial charge >= 0.3 is 0 Å². The molecule has 2 aliphatic rings. The van der Waals surface area contributed by atoms with E-state index in [1.807, 2.05) is 0 Å². The Bertz CT molecular complexity index is 529. The molecule has 5 heteroatoms. The summed E-state index contributed by atoms with van der Waals surface area (Å²) in [6.45, 7) is 0. The number of rotatable bonds is 3. The molecule has 0 aliphatic heterocycles. The first kappa shape index (κ1) is 12.1. The van der Waals surface area contributed by atoms with Crippen LogP contribution in [-0.2, 0) is 0 Å². The van der Waals surface area contributed by atoms with Gasteiger partial charge in [0.1, 0.15) is 0 Å². The van der Waals surface area contributed by atoms with Crippen LogP contribution in [0.25, 0.3) is 0 Å². The number of carbonyl (C=O) groups is 1. The van der Waals surface area contributed by atoms with Gasteiger partial charge in [-0.1, -0.05) is 12.5 Å². The van der Waals surface area contributed by atoms with Gasteiger partial charge in [-0.05, 0) is 37.2 Å². The lowest BCUT2D eigenvalue weighted by molar-refractivity contribution is -0.384. The van der Waals surface area contributed by atoms with Gasteiger partial charge < -0.3 is 5.32 Å². The summed E-state index contributed by atoms with van der Waals surface area (Å²) < 4.78 is 0. The molecule has 3 rings (SSSR count). The molecule has 2 bridgehead atoms. The average Bonchev–Trinajstić information content (AvgIpc) is 3.01.